The Morgan fingerprint density at radius 3 is 2.31 bits per heavy atom. The predicted molar refractivity (Wildman–Crippen MR) is 176 cm³/mol. The van der Waals surface area contributed by atoms with Crippen molar-refractivity contribution in [3.05, 3.63) is 111 Å². The minimum absolute atomic E-state index is 0.239. The smallest absolute Gasteiger partial charge is 0.255 e. The van der Waals surface area contributed by atoms with Gasteiger partial charge in [-0.1, -0.05) is 58.4 Å². The van der Waals surface area contributed by atoms with E-state index in [1.807, 2.05) is 86.6 Å². The van der Waals surface area contributed by atoms with Crippen LogP contribution in [0.15, 0.2) is 94.6 Å². The quantitative estimate of drug-likeness (QED) is 0.164. The van der Waals surface area contributed by atoms with E-state index in [1.54, 1.807) is 20.3 Å². The molecule has 4 N–H and O–H groups in total. The van der Waals surface area contributed by atoms with Crippen LogP contribution in [0.3, 0.4) is 0 Å². The lowest BCUT2D eigenvalue weighted by Gasteiger charge is -2.31. The van der Waals surface area contributed by atoms with Crippen LogP contribution < -0.4 is 25.4 Å². The number of hydrogen-bond acceptors (Lipinski definition) is 6. The summed E-state index contributed by atoms with van der Waals surface area (Å²) < 4.78 is 12.4. The fraction of sp³-hybridized carbons (Fsp3) is 0.161. The Hall–Kier alpha value is -4.06. The van der Waals surface area contributed by atoms with E-state index < -0.39 is 6.04 Å². The number of halogens is 1. The highest BCUT2D eigenvalue weighted by Crippen LogP contribution is 2.39. The highest BCUT2D eigenvalue weighted by Gasteiger charge is 2.32. The Morgan fingerprint density at radius 2 is 1.67 bits per heavy atom. The number of aromatic nitrogens is 2. The van der Waals surface area contributed by atoms with Crippen LogP contribution in [0.25, 0.3) is 11.3 Å². The first-order valence-corrected chi connectivity index (χ1v) is 14.5. The number of para-hydroxylation sites is 1. The van der Waals surface area contributed by atoms with Crippen LogP contribution in [-0.2, 0) is 4.79 Å². The Kier molecular flexibility index (Phi) is 10.5. The molecule has 0 saturated carbocycles. The van der Waals surface area contributed by atoms with Gasteiger partial charge in [0.15, 0.2) is 21.4 Å². The minimum Gasteiger partial charge on any atom is -0.493 e. The third-order valence-electron chi connectivity index (χ3n) is 6.31. The van der Waals surface area contributed by atoms with Gasteiger partial charge < -0.3 is 30.4 Å². The van der Waals surface area contributed by atoms with Crippen LogP contribution in [-0.4, -0.2) is 35.2 Å². The largest absolute Gasteiger partial charge is 0.493 e. The van der Waals surface area contributed by atoms with Crippen molar-refractivity contribution in [1.82, 2.24) is 20.6 Å². The number of ether oxygens (including phenoxy) is 2. The maximum absolute atomic E-state index is 13.1. The first-order valence-electron chi connectivity index (χ1n) is 12.9. The Bertz CT molecular complexity index is 1670. The number of carbonyl (C=O) groups excluding carboxylic acids is 1. The first kappa shape index (κ1) is 30.9. The second-order valence-electron chi connectivity index (χ2n) is 9.23. The third kappa shape index (κ3) is 7.61. The first-order chi connectivity index (χ1) is 20.2. The summed E-state index contributed by atoms with van der Waals surface area (Å²) in [4.78, 5) is 20.4. The summed E-state index contributed by atoms with van der Waals surface area (Å²) in [6.07, 6.45) is 0. The number of anilines is 1. The zero-order valence-electron chi connectivity index (χ0n) is 23.4. The number of H-pyrrole nitrogens is 1. The summed E-state index contributed by atoms with van der Waals surface area (Å²) in [6.45, 7) is 3.80. The van der Waals surface area contributed by atoms with Gasteiger partial charge in [0.05, 0.1) is 31.5 Å². The molecule has 1 aliphatic heterocycles. The number of hydrogen-bond donors (Lipinski definition) is 4. The number of aromatic amines is 1. The van der Waals surface area contributed by atoms with Crippen LogP contribution in [0.2, 0.25) is 0 Å². The number of carbonyl (C=O) groups is 1. The van der Waals surface area contributed by atoms with E-state index in [1.165, 1.54) is 0 Å². The summed E-state index contributed by atoms with van der Waals surface area (Å²) >= 11 is 13.7. The lowest BCUT2D eigenvalue weighted by molar-refractivity contribution is -0.113. The maximum atomic E-state index is 13.1. The molecule has 5 rings (SSSR count). The van der Waals surface area contributed by atoms with Crippen LogP contribution in [0, 0.1) is 11.7 Å². The van der Waals surface area contributed by atoms with Crippen LogP contribution in [0.4, 0.5) is 5.69 Å². The van der Waals surface area contributed by atoms with E-state index in [-0.39, 0.29) is 5.91 Å². The molecule has 1 unspecified atom stereocenters. The van der Waals surface area contributed by atoms with Gasteiger partial charge in [-0.25, -0.2) is 4.98 Å². The molecule has 0 spiro atoms. The van der Waals surface area contributed by atoms with Gasteiger partial charge >= 0.3 is 0 Å². The molecule has 0 fully saturated rings. The van der Waals surface area contributed by atoms with Gasteiger partial charge in [0.25, 0.3) is 5.91 Å². The van der Waals surface area contributed by atoms with E-state index in [4.69, 9.17) is 33.9 Å². The number of thiocarbonyl (C=S) groups is 1. The molecule has 1 amide bonds. The summed E-state index contributed by atoms with van der Waals surface area (Å²) in [5.41, 5.74) is 5.69. The van der Waals surface area contributed by atoms with Gasteiger partial charge in [-0.15, -0.1) is 0 Å². The third-order valence-corrected chi connectivity index (χ3v) is 7.25. The topological polar surface area (TPSA) is 100 Å². The molecule has 1 aliphatic rings. The molecule has 0 bridgehead atoms. The Labute approximate surface area is 263 Å². The number of amides is 1. The van der Waals surface area contributed by atoms with Crippen LogP contribution >= 0.6 is 40.4 Å². The van der Waals surface area contributed by atoms with Crippen molar-refractivity contribution < 1.29 is 14.3 Å². The van der Waals surface area contributed by atoms with Gasteiger partial charge in [-0.05, 0) is 74.7 Å². The van der Waals surface area contributed by atoms with Crippen molar-refractivity contribution in [3.8, 4) is 22.8 Å². The SMILES string of the molecule is COc1cccc(C2NC(=S)NC(C)=C2C(=O)Nc2ccc(Br)cc2)c1OC.Cc1cc(-c2ccccc2)nc(=S)[nH]1. The summed E-state index contributed by atoms with van der Waals surface area (Å²) in [6, 6.07) is 24.4. The van der Waals surface area contributed by atoms with E-state index in [2.05, 4.69) is 41.8 Å². The van der Waals surface area contributed by atoms with Gasteiger partial charge in [-0.2, -0.15) is 0 Å². The number of methoxy groups -OCH3 is 2. The molecule has 1 aromatic heterocycles. The number of allylic oxidation sites excluding steroid dienone is 1. The van der Waals surface area contributed by atoms with Gasteiger partial charge in [-0.3, -0.25) is 4.79 Å². The normalized spacial score (nSPS) is 14.1. The summed E-state index contributed by atoms with van der Waals surface area (Å²) in [5, 5.41) is 9.58. The number of aryl methyl sites for hydroxylation is 1. The second-order valence-corrected chi connectivity index (χ2v) is 10.9. The average Bonchev–Trinajstić information content (AvgIpc) is 2.97. The Morgan fingerprint density at radius 1 is 0.952 bits per heavy atom. The maximum Gasteiger partial charge on any atom is 0.255 e. The van der Waals surface area contributed by atoms with Crippen molar-refractivity contribution in [2.75, 3.05) is 19.5 Å². The molecule has 0 saturated heterocycles. The molecule has 1 atom stereocenters. The monoisotopic (exact) mass is 663 g/mol. The average molecular weight is 665 g/mol. The van der Waals surface area contributed by atoms with E-state index in [9.17, 15) is 4.79 Å². The fourth-order valence-corrected chi connectivity index (χ4v) is 5.23. The Balaban J connectivity index is 0.000000241. The van der Waals surface area contributed by atoms with Crippen molar-refractivity contribution in [3.63, 3.8) is 0 Å². The fourth-order valence-electron chi connectivity index (χ4n) is 4.44. The van der Waals surface area contributed by atoms with E-state index in [0.717, 1.165) is 27.0 Å². The lowest BCUT2D eigenvalue weighted by Crippen LogP contribution is -2.45. The number of nitrogens with one attached hydrogen (secondary N) is 4. The summed E-state index contributed by atoms with van der Waals surface area (Å²) in [5.74, 6) is 0.891. The molecular formula is C31H30BrN5O3S2. The standard InChI is InChI=1S/C20H20BrN3O3S.C11H10N2S/c1-11-16(19(25)23-13-9-7-12(21)8-10-13)17(24-20(28)22-11)14-5-4-6-15(26-2)18(14)27-3;1-8-7-10(13-11(14)12-8)9-5-3-2-4-6-9/h4-10,17H,1-3H3,(H,23,25)(H2,22,24,28);2-7H,1H3,(H,12,13,14). The number of benzene rings is 3. The highest BCUT2D eigenvalue weighted by atomic mass is 79.9. The van der Waals surface area contributed by atoms with Crippen molar-refractivity contribution in [2.24, 2.45) is 0 Å². The molecule has 42 heavy (non-hydrogen) atoms. The molecule has 4 aromatic rings. The van der Waals surface area contributed by atoms with E-state index >= 15 is 0 Å². The predicted octanol–water partition coefficient (Wildman–Crippen LogP) is 7.01. The zero-order chi connectivity index (χ0) is 30.2. The summed E-state index contributed by atoms with van der Waals surface area (Å²) in [7, 11) is 3.14. The molecule has 2 heterocycles. The molecule has 3 aromatic carbocycles. The molecule has 8 nitrogen and oxygen atoms in total. The number of rotatable bonds is 6. The molecule has 216 valence electrons. The highest BCUT2D eigenvalue weighted by molar-refractivity contribution is 9.10. The lowest BCUT2D eigenvalue weighted by atomic mass is 9.94. The second kappa shape index (κ2) is 14.2. The van der Waals surface area contributed by atoms with Gasteiger partial charge in [0, 0.05) is 32.7 Å². The zero-order valence-corrected chi connectivity index (χ0v) is 26.7. The van der Waals surface area contributed by atoms with Crippen molar-refractivity contribution in [1.29, 1.82) is 0 Å². The van der Waals surface area contributed by atoms with Crippen molar-refractivity contribution >= 4 is 57.1 Å². The number of nitrogens with zero attached hydrogens (tertiary/aromatic N) is 1. The molecule has 11 heteroatoms. The van der Waals surface area contributed by atoms with Gasteiger partial charge in [0.1, 0.15) is 0 Å². The molecular weight excluding hydrogens is 634 g/mol. The van der Waals surface area contributed by atoms with Crippen LogP contribution in [0.5, 0.6) is 11.5 Å². The molecule has 0 radical (unpaired) electrons. The van der Waals surface area contributed by atoms with Crippen molar-refractivity contribution in [2.45, 2.75) is 19.9 Å². The van der Waals surface area contributed by atoms with Gasteiger partial charge in [0.2, 0.25) is 0 Å². The van der Waals surface area contributed by atoms with Crippen LogP contribution in [0.1, 0.15) is 24.2 Å². The minimum atomic E-state index is -0.491. The molecule has 0 aliphatic carbocycles. The van der Waals surface area contributed by atoms with E-state index in [0.29, 0.717) is 38.3 Å².